The maximum atomic E-state index is 12.9. The Morgan fingerprint density at radius 2 is 2.05 bits per heavy atom. The van der Waals surface area contributed by atoms with Crippen LogP contribution in [-0.4, -0.2) is 50.3 Å². The molecule has 4 aliphatic heterocycles. The number of aliphatic hydroxyl groups excluding tert-OH is 1. The zero-order valence-corrected chi connectivity index (χ0v) is 12.7. The zero-order valence-electron chi connectivity index (χ0n) is 11.1. The van der Waals surface area contributed by atoms with Crippen molar-refractivity contribution in [3.8, 4) is 5.75 Å². The van der Waals surface area contributed by atoms with Gasteiger partial charge in [-0.15, -0.1) is 0 Å². The summed E-state index contributed by atoms with van der Waals surface area (Å²) < 4.78 is 0. The number of carbonyl (C=O) groups is 2. The van der Waals surface area contributed by atoms with Gasteiger partial charge in [0.2, 0.25) is 4.87 Å². The van der Waals surface area contributed by atoms with Crippen LogP contribution in [0.15, 0.2) is 18.2 Å². The number of nitrogens with zero attached hydrogens (tertiary/aromatic N) is 2. The van der Waals surface area contributed by atoms with Crippen LogP contribution < -0.4 is 4.90 Å². The molecule has 2 bridgehead atoms. The lowest BCUT2D eigenvalue weighted by atomic mass is 10.0. The van der Waals surface area contributed by atoms with Crippen molar-refractivity contribution in [1.29, 1.82) is 0 Å². The Labute approximate surface area is 128 Å². The highest BCUT2D eigenvalue weighted by Gasteiger charge is 2.71. The summed E-state index contributed by atoms with van der Waals surface area (Å²) in [7, 11) is 4.06. The van der Waals surface area contributed by atoms with E-state index in [-0.39, 0.29) is 17.6 Å². The molecule has 0 aliphatic carbocycles. The van der Waals surface area contributed by atoms with Gasteiger partial charge in [-0.25, -0.2) is 0 Å². The van der Waals surface area contributed by atoms with E-state index in [1.165, 1.54) is 37.5 Å². The number of piperazine rings is 1. The van der Waals surface area contributed by atoms with Crippen molar-refractivity contribution >= 4 is 39.1 Å². The van der Waals surface area contributed by atoms with Crippen molar-refractivity contribution in [2.45, 2.75) is 16.2 Å². The number of fused-ring (bicyclic) bond motifs is 3. The Bertz CT molecular complexity index is 697. The van der Waals surface area contributed by atoms with Gasteiger partial charge in [-0.2, -0.15) is 0 Å². The summed E-state index contributed by atoms with van der Waals surface area (Å²) in [5.74, 6) is -0.578. The predicted molar refractivity (Wildman–Crippen MR) is 79.8 cm³/mol. The topological polar surface area (TPSA) is 81.1 Å². The standard InChI is InChI=1S/C13H12N2O4S2/c1-14-10(18)12-5-7-3-2-4-8(17)9(7)15(12)11(19)13(14,6-16)21-20-12/h2-4,16-17H,5-6H2,1H3/t12-,13+/m1/s1. The van der Waals surface area contributed by atoms with Gasteiger partial charge >= 0.3 is 0 Å². The molecule has 2 N–H and O–H groups in total. The molecule has 110 valence electrons. The van der Waals surface area contributed by atoms with Gasteiger partial charge in [0.1, 0.15) is 5.75 Å². The number of benzene rings is 1. The average Bonchev–Trinajstić information content (AvgIpc) is 2.83. The number of phenols is 1. The summed E-state index contributed by atoms with van der Waals surface area (Å²) >= 11 is 0. The molecule has 21 heavy (non-hydrogen) atoms. The first-order chi connectivity index (χ1) is 9.98. The van der Waals surface area contributed by atoms with Crippen molar-refractivity contribution in [1.82, 2.24) is 4.90 Å². The maximum absolute atomic E-state index is 12.9. The van der Waals surface area contributed by atoms with E-state index in [1.807, 2.05) is 6.07 Å². The van der Waals surface area contributed by atoms with Crippen LogP contribution in [0.25, 0.3) is 0 Å². The highest BCUT2D eigenvalue weighted by Crippen LogP contribution is 2.64. The number of phenolic OH excluding ortho intramolecular Hbond substituents is 1. The molecular weight excluding hydrogens is 312 g/mol. The van der Waals surface area contributed by atoms with Gasteiger partial charge in [-0.05, 0) is 22.4 Å². The number of para-hydroxylation sites is 1. The van der Waals surface area contributed by atoms with E-state index < -0.39 is 16.3 Å². The summed E-state index contributed by atoms with van der Waals surface area (Å²) in [6, 6.07) is 5.02. The van der Waals surface area contributed by atoms with Gasteiger partial charge in [0.05, 0.1) is 12.3 Å². The molecule has 2 amide bonds. The van der Waals surface area contributed by atoms with Crippen LogP contribution >= 0.6 is 21.6 Å². The number of hydrogen-bond donors (Lipinski definition) is 2. The first kappa shape index (κ1) is 13.3. The third-order valence-corrected chi connectivity index (χ3v) is 7.98. The fourth-order valence-electron chi connectivity index (χ4n) is 3.21. The number of aliphatic hydroxyl groups is 1. The van der Waals surface area contributed by atoms with Crippen LogP contribution in [0.4, 0.5) is 5.69 Å². The molecule has 1 spiro atoms. The van der Waals surface area contributed by atoms with E-state index in [0.29, 0.717) is 12.1 Å². The van der Waals surface area contributed by atoms with Crippen molar-refractivity contribution < 1.29 is 19.8 Å². The van der Waals surface area contributed by atoms with E-state index in [4.69, 9.17) is 0 Å². The molecular formula is C13H12N2O4S2. The lowest BCUT2D eigenvalue weighted by molar-refractivity contribution is -0.149. The minimum absolute atomic E-state index is 0.0144. The molecule has 1 aromatic rings. The van der Waals surface area contributed by atoms with Gasteiger partial charge in [-0.1, -0.05) is 22.9 Å². The van der Waals surface area contributed by atoms with Gasteiger partial charge in [0, 0.05) is 13.5 Å². The Kier molecular flexibility index (Phi) is 2.45. The van der Waals surface area contributed by atoms with Crippen LogP contribution in [0.1, 0.15) is 5.56 Å². The summed E-state index contributed by atoms with van der Waals surface area (Å²) in [6.45, 7) is -0.457. The maximum Gasteiger partial charge on any atom is 0.268 e. The number of anilines is 1. The molecule has 4 aliphatic rings. The van der Waals surface area contributed by atoms with E-state index in [1.54, 1.807) is 13.1 Å². The molecule has 2 atom stereocenters. The summed E-state index contributed by atoms with van der Waals surface area (Å²) in [6.07, 6.45) is 0.366. The Morgan fingerprint density at radius 3 is 2.76 bits per heavy atom. The second-order valence-electron chi connectivity index (χ2n) is 5.36. The fraction of sp³-hybridized carbons (Fsp3) is 0.385. The lowest BCUT2D eigenvalue weighted by Gasteiger charge is -2.57. The van der Waals surface area contributed by atoms with Crippen LogP contribution in [0, 0.1) is 0 Å². The van der Waals surface area contributed by atoms with Crippen molar-refractivity contribution in [3.63, 3.8) is 0 Å². The van der Waals surface area contributed by atoms with Crippen molar-refractivity contribution in [3.05, 3.63) is 23.8 Å². The second kappa shape index (κ2) is 3.88. The number of amides is 2. The lowest BCUT2D eigenvalue weighted by Crippen LogP contribution is -2.77. The smallest absolute Gasteiger partial charge is 0.268 e. The molecule has 4 heterocycles. The minimum Gasteiger partial charge on any atom is -0.506 e. The molecule has 0 saturated carbocycles. The highest BCUT2D eigenvalue weighted by atomic mass is 33.1. The largest absolute Gasteiger partial charge is 0.506 e. The number of aromatic hydroxyl groups is 1. The highest BCUT2D eigenvalue weighted by molar-refractivity contribution is 8.78. The molecule has 3 saturated heterocycles. The number of likely N-dealkylation sites (N-methyl/N-ethyl adjacent to an activating group) is 1. The Balaban J connectivity index is 1.99. The SMILES string of the molecule is CN1C(=O)[C@]23Cc4cccc(O)c4N2C(=O)[C@]1(CO)SS3. The van der Waals surface area contributed by atoms with Gasteiger partial charge in [-0.3, -0.25) is 14.5 Å². The van der Waals surface area contributed by atoms with E-state index in [2.05, 4.69) is 0 Å². The summed E-state index contributed by atoms with van der Waals surface area (Å²) in [4.78, 5) is 26.1. The van der Waals surface area contributed by atoms with E-state index in [0.717, 1.165) is 5.56 Å². The van der Waals surface area contributed by atoms with Crippen LogP contribution in [0.2, 0.25) is 0 Å². The Hall–Kier alpha value is -1.38. The van der Waals surface area contributed by atoms with Crippen LogP contribution in [0.5, 0.6) is 5.75 Å². The number of carbonyl (C=O) groups excluding carboxylic acids is 2. The normalized spacial score (nSPS) is 33.4. The predicted octanol–water partition coefficient (Wildman–Crippen LogP) is 0.533. The molecule has 1 aromatic carbocycles. The quantitative estimate of drug-likeness (QED) is 0.734. The average molecular weight is 324 g/mol. The number of rotatable bonds is 1. The molecule has 6 nitrogen and oxygen atoms in total. The van der Waals surface area contributed by atoms with Crippen molar-refractivity contribution in [2.75, 3.05) is 18.6 Å². The Morgan fingerprint density at radius 1 is 1.29 bits per heavy atom. The second-order valence-corrected chi connectivity index (χ2v) is 8.04. The van der Waals surface area contributed by atoms with Crippen LogP contribution in [-0.2, 0) is 16.0 Å². The van der Waals surface area contributed by atoms with Gasteiger partial charge in [0.15, 0.2) is 4.87 Å². The zero-order chi connectivity index (χ0) is 15.0. The summed E-state index contributed by atoms with van der Waals surface area (Å²) in [5, 5.41) is 19.8. The van der Waals surface area contributed by atoms with Crippen LogP contribution in [0.3, 0.4) is 0 Å². The third-order valence-electron chi connectivity index (χ3n) is 4.36. The molecule has 8 heteroatoms. The fourth-order valence-corrected chi connectivity index (χ4v) is 6.72. The monoisotopic (exact) mass is 324 g/mol. The molecule has 5 rings (SSSR count). The van der Waals surface area contributed by atoms with E-state index in [9.17, 15) is 19.8 Å². The minimum atomic E-state index is -1.31. The molecule has 0 radical (unpaired) electrons. The summed E-state index contributed by atoms with van der Waals surface area (Å²) in [5.41, 5.74) is 1.17. The van der Waals surface area contributed by atoms with Gasteiger partial charge < -0.3 is 15.1 Å². The van der Waals surface area contributed by atoms with E-state index >= 15 is 0 Å². The van der Waals surface area contributed by atoms with Gasteiger partial charge in [0.25, 0.3) is 11.8 Å². The molecule has 0 aromatic heterocycles. The molecule has 3 fully saturated rings. The number of hydrogen-bond acceptors (Lipinski definition) is 6. The first-order valence-corrected chi connectivity index (χ1v) is 8.54. The van der Waals surface area contributed by atoms with Crippen molar-refractivity contribution in [2.24, 2.45) is 0 Å². The molecule has 0 unspecified atom stereocenters. The first-order valence-electron chi connectivity index (χ1n) is 6.39. The third kappa shape index (κ3) is 1.27.